The minimum atomic E-state index is 0.778. The molecular formula is C17H34N2. The molecule has 1 saturated heterocycles. The molecule has 4 atom stereocenters. The molecular weight excluding hydrogens is 232 g/mol. The van der Waals surface area contributed by atoms with Gasteiger partial charge in [-0.2, -0.15) is 0 Å². The first-order chi connectivity index (χ1) is 9.15. The Kier molecular flexibility index (Phi) is 6.15. The topological polar surface area (TPSA) is 15.3 Å². The maximum atomic E-state index is 3.85. The standard InChI is InChI=1S/C17H34N2/c1-14-7-8-17(16(3)11-14)18-12-15(2)13-19-9-5-4-6-10-19/h14-18H,4-13H2,1-3H3. The number of hydrogen-bond donors (Lipinski definition) is 1. The lowest BCUT2D eigenvalue weighted by Gasteiger charge is -2.35. The minimum Gasteiger partial charge on any atom is -0.313 e. The van der Waals surface area contributed by atoms with Crippen LogP contribution >= 0.6 is 0 Å². The van der Waals surface area contributed by atoms with E-state index in [2.05, 4.69) is 31.0 Å². The third-order valence-corrected chi connectivity index (χ3v) is 5.18. The molecule has 0 bridgehead atoms. The fraction of sp³-hybridized carbons (Fsp3) is 1.00. The summed E-state index contributed by atoms with van der Waals surface area (Å²) in [7, 11) is 0. The monoisotopic (exact) mass is 266 g/mol. The van der Waals surface area contributed by atoms with E-state index >= 15 is 0 Å². The average molecular weight is 266 g/mol. The van der Waals surface area contributed by atoms with Crippen molar-refractivity contribution in [1.29, 1.82) is 0 Å². The zero-order chi connectivity index (χ0) is 13.7. The van der Waals surface area contributed by atoms with Gasteiger partial charge in [0.25, 0.3) is 0 Å². The van der Waals surface area contributed by atoms with E-state index in [1.807, 2.05) is 0 Å². The number of rotatable bonds is 5. The molecule has 1 N–H and O–H groups in total. The smallest absolute Gasteiger partial charge is 0.00930 e. The van der Waals surface area contributed by atoms with Gasteiger partial charge in [-0.25, -0.2) is 0 Å². The molecule has 1 heterocycles. The SMILES string of the molecule is CC1CCC(NCC(C)CN2CCCCC2)C(C)C1. The maximum absolute atomic E-state index is 3.85. The van der Waals surface area contributed by atoms with E-state index in [0.29, 0.717) is 0 Å². The van der Waals surface area contributed by atoms with Crippen molar-refractivity contribution in [3.05, 3.63) is 0 Å². The second-order valence-corrected chi connectivity index (χ2v) is 7.38. The molecule has 4 unspecified atom stereocenters. The van der Waals surface area contributed by atoms with Crippen LogP contribution in [0, 0.1) is 17.8 Å². The summed E-state index contributed by atoms with van der Waals surface area (Å²) < 4.78 is 0. The van der Waals surface area contributed by atoms with Crippen LogP contribution < -0.4 is 5.32 Å². The normalized spacial score (nSPS) is 35.2. The molecule has 2 heteroatoms. The Morgan fingerprint density at radius 1 is 1.11 bits per heavy atom. The molecule has 1 aliphatic heterocycles. The molecule has 2 nitrogen and oxygen atoms in total. The second kappa shape index (κ2) is 7.64. The van der Waals surface area contributed by atoms with Crippen molar-refractivity contribution in [2.24, 2.45) is 17.8 Å². The van der Waals surface area contributed by atoms with Crippen molar-refractivity contribution in [2.75, 3.05) is 26.2 Å². The van der Waals surface area contributed by atoms with Crippen LogP contribution in [-0.4, -0.2) is 37.1 Å². The zero-order valence-corrected chi connectivity index (χ0v) is 13.3. The highest BCUT2D eigenvalue weighted by Gasteiger charge is 2.25. The van der Waals surface area contributed by atoms with Crippen LogP contribution in [0.2, 0.25) is 0 Å². The van der Waals surface area contributed by atoms with Gasteiger partial charge < -0.3 is 10.2 Å². The Hall–Kier alpha value is -0.0800. The van der Waals surface area contributed by atoms with E-state index in [0.717, 1.165) is 23.8 Å². The van der Waals surface area contributed by atoms with Gasteiger partial charge in [-0.15, -0.1) is 0 Å². The average Bonchev–Trinajstić information content (AvgIpc) is 2.39. The Balaban J connectivity index is 1.63. The molecule has 112 valence electrons. The van der Waals surface area contributed by atoms with E-state index in [9.17, 15) is 0 Å². The van der Waals surface area contributed by atoms with Crippen molar-refractivity contribution in [3.8, 4) is 0 Å². The van der Waals surface area contributed by atoms with Gasteiger partial charge in [0, 0.05) is 12.6 Å². The summed E-state index contributed by atoms with van der Waals surface area (Å²) in [6, 6.07) is 0.778. The molecule has 1 saturated carbocycles. The first kappa shape index (κ1) is 15.3. The molecule has 0 radical (unpaired) electrons. The third-order valence-electron chi connectivity index (χ3n) is 5.18. The van der Waals surface area contributed by atoms with Crippen LogP contribution in [0.4, 0.5) is 0 Å². The van der Waals surface area contributed by atoms with E-state index in [1.54, 1.807) is 0 Å². The summed E-state index contributed by atoms with van der Waals surface area (Å²) in [6.07, 6.45) is 8.50. The van der Waals surface area contributed by atoms with Gasteiger partial charge in [0.1, 0.15) is 0 Å². The van der Waals surface area contributed by atoms with Crippen molar-refractivity contribution < 1.29 is 0 Å². The van der Waals surface area contributed by atoms with Crippen LogP contribution in [0.1, 0.15) is 59.3 Å². The third kappa shape index (κ3) is 5.07. The Morgan fingerprint density at radius 3 is 2.53 bits per heavy atom. The van der Waals surface area contributed by atoms with Gasteiger partial charge in [0.2, 0.25) is 0 Å². The number of nitrogens with one attached hydrogen (secondary N) is 1. The first-order valence-corrected chi connectivity index (χ1v) is 8.61. The molecule has 19 heavy (non-hydrogen) atoms. The molecule has 0 aromatic rings. The number of nitrogens with zero attached hydrogens (tertiary/aromatic N) is 1. The molecule has 1 aliphatic carbocycles. The van der Waals surface area contributed by atoms with Gasteiger partial charge in [0.15, 0.2) is 0 Å². The van der Waals surface area contributed by atoms with Gasteiger partial charge in [0.05, 0.1) is 0 Å². The van der Waals surface area contributed by atoms with Crippen LogP contribution in [0.3, 0.4) is 0 Å². The summed E-state index contributed by atoms with van der Waals surface area (Å²) in [5, 5.41) is 3.85. The Labute approximate surface area is 120 Å². The van der Waals surface area contributed by atoms with E-state index in [1.165, 1.54) is 64.7 Å². The van der Waals surface area contributed by atoms with Crippen molar-refractivity contribution in [2.45, 2.75) is 65.3 Å². The maximum Gasteiger partial charge on any atom is 0.00930 e. The van der Waals surface area contributed by atoms with Crippen LogP contribution in [0.25, 0.3) is 0 Å². The van der Waals surface area contributed by atoms with Crippen molar-refractivity contribution in [1.82, 2.24) is 10.2 Å². The lowest BCUT2D eigenvalue weighted by atomic mass is 9.80. The van der Waals surface area contributed by atoms with E-state index in [4.69, 9.17) is 0 Å². The highest BCUT2D eigenvalue weighted by molar-refractivity contribution is 4.82. The van der Waals surface area contributed by atoms with E-state index in [-0.39, 0.29) is 0 Å². The predicted octanol–water partition coefficient (Wildman–Crippen LogP) is 3.52. The molecule has 2 fully saturated rings. The Bertz CT molecular complexity index is 248. The fourth-order valence-corrected chi connectivity index (χ4v) is 3.97. The first-order valence-electron chi connectivity index (χ1n) is 8.61. The predicted molar refractivity (Wildman–Crippen MR) is 83.4 cm³/mol. The largest absolute Gasteiger partial charge is 0.313 e. The number of piperidine rings is 1. The van der Waals surface area contributed by atoms with Gasteiger partial charge in [-0.3, -0.25) is 0 Å². The molecule has 0 amide bonds. The zero-order valence-electron chi connectivity index (χ0n) is 13.3. The summed E-state index contributed by atoms with van der Waals surface area (Å²) >= 11 is 0. The van der Waals surface area contributed by atoms with Crippen molar-refractivity contribution >= 4 is 0 Å². The van der Waals surface area contributed by atoms with Crippen molar-refractivity contribution in [3.63, 3.8) is 0 Å². The van der Waals surface area contributed by atoms with E-state index < -0.39 is 0 Å². The quantitative estimate of drug-likeness (QED) is 0.819. The lowest BCUT2D eigenvalue weighted by Crippen LogP contribution is -2.43. The molecule has 0 spiro atoms. The highest BCUT2D eigenvalue weighted by Crippen LogP contribution is 2.28. The van der Waals surface area contributed by atoms with Crippen LogP contribution in [0.15, 0.2) is 0 Å². The molecule has 0 aromatic carbocycles. The molecule has 0 aromatic heterocycles. The van der Waals surface area contributed by atoms with Gasteiger partial charge >= 0.3 is 0 Å². The number of hydrogen-bond acceptors (Lipinski definition) is 2. The summed E-state index contributed by atoms with van der Waals surface area (Å²) in [6.45, 7) is 12.4. The van der Waals surface area contributed by atoms with Crippen LogP contribution in [-0.2, 0) is 0 Å². The fourth-order valence-electron chi connectivity index (χ4n) is 3.97. The Morgan fingerprint density at radius 2 is 1.84 bits per heavy atom. The number of likely N-dealkylation sites (tertiary alicyclic amines) is 1. The minimum absolute atomic E-state index is 0.778. The van der Waals surface area contributed by atoms with Crippen LogP contribution in [0.5, 0.6) is 0 Å². The highest BCUT2D eigenvalue weighted by atomic mass is 15.1. The summed E-state index contributed by atoms with van der Waals surface area (Å²) in [4.78, 5) is 2.67. The van der Waals surface area contributed by atoms with Gasteiger partial charge in [-0.05, 0) is 69.5 Å². The summed E-state index contributed by atoms with van der Waals surface area (Å²) in [5.41, 5.74) is 0. The second-order valence-electron chi connectivity index (χ2n) is 7.38. The summed E-state index contributed by atoms with van der Waals surface area (Å²) in [5.74, 6) is 2.61. The lowest BCUT2D eigenvalue weighted by molar-refractivity contribution is 0.184. The molecule has 2 rings (SSSR count). The van der Waals surface area contributed by atoms with Gasteiger partial charge in [-0.1, -0.05) is 27.2 Å². The molecule has 2 aliphatic rings.